The smallest absolute Gasteiger partial charge is 0.228 e. The molecule has 7 heteroatoms. The first-order valence-corrected chi connectivity index (χ1v) is 10.1. The molecule has 0 aromatic heterocycles. The summed E-state index contributed by atoms with van der Waals surface area (Å²) in [6.45, 7) is 0.929. The third-order valence-corrected chi connectivity index (χ3v) is 5.92. The SMILES string of the molecule is COc1ccc([C@@H]2CCCN2C(=O)[C@H]2CC(=O)N(c3cccc(F)c3)C2)cc1OC. The summed E-state index contributed by atoms with van der Waals surface area (Å²) in [5, 5.41) is 0. The van der Waals surface area contributed by atoms with Gasteiger partial charge in [-0.25, -0.2) is 4.39 Å². The molecule has 0 aliphatic carbocycles. The van der Waals surface area contributed by atoms with Crippen LogP contribution in [-0.4, -0.2) is 44.0 Å². The Morgan fingerprint density at radius 3 is 2.63 bits per heavy atom. The number of benzene rings is 2. The molecule has 2 aliphatic rings. The molecule has 0 saturated carbocycles. The van der Waals surface area contributed by atoms with Crippen LogP contribution in [0.2, 0.25) is 0 Å². The van der Waals surface area contributed by atoms with Gasteiger partial charge in [-0.1, -0.05) is 12.1 Å². The third-order valence-electron chi connectivity index (χ3n) is 5.92. The first kappa shape index (κ1) is 20.2. The minimum absolute atomic E-state index is 0.0282. The number of carbonyl (C=O) groups excluding carboxylic acids is 2. The lowest BCUT2D eigenvalue weighted by Gasteiger charge is -2.28. The summed E-state index contributed by atoms with van der Waals surface area (Å²) in [6.07, 6.45) is 1.90. The van der Waals surface area contributed by atoms with E-state index in [2.05, 4.69) is 0 Å². The summed E-state index contributed by atoms with van der Waals surface area (Å²) in [5.74, 6) is 0.261. The summed E-state index contributed by atoms with van der Waals surface area (Å²) >= 11 is 0. The lowest BCUT2D eigenvalue weighted by Crippen LogP contribution is -2.37. The van der Waals surface area contributed by atoms with Crippen LogP contribution in [0.15, 0.2) is 42.5 Å². The molecule has 6 nitrogen and oxygen atoms in total. The van der Waals surface area contributed by atoms with Crippen molar-refractivity contribution in [2.75, 3.05) is 32.2 Å². The maximum absolute atomic E-state index is 13.6. The molecule has 2 saturated heterocycles. The number of anilines is 1. The van der Waals surface area contributed by atoms with Gasteiger partial charge < -0.3 is 19.3 Å². The van der Waals surface area contributed by atoms with Gasteiger partial charge in [-0.15, -0.1) is 0 Å². The second-order valence-electron chi connectivity index (χ2n) is 7.69. The predicted molar refractivity (Wildman–Crippen MR) is 110 cm³/mol. The maximum atomic E-state index is 13.6. The number of amides is 2. The standard InChI is InChI=1S/C23H25FN2O4/c1-29-20-9-8-15(11-21(20)30-2)19-7-4-10-25(19)23(28)16-12-22(27)26(14-16)18-6-3-5-17(24)13-18/h3,5-6,8-9,11,13,16,19H,4,7,10,12,14H2,1-2H3/t16-,19-/m0/s1. The van der Waals surface area contributed by atoms with E-state index in [9.17, 15) is 14.0 Å². The first-order chi connectivity index (χ1) is 14.5. The molecule has 4 rings (SSSR count). The van der Waals surface area contributed by atoms with E-state index in [4.69, 9.17) is 9.47 Å². The third kappa shape index (κ3) is 3.72. The summed E-state index contributed by atoms with van der Waals surface area (Å²) in [5.41, 5.74) is 1.48. The Morgan fingerprint density at radius 2 is 1.90 bits per heavy atom. The van der Waals surface area contributed by atoms with Crippen LogP contribution in [0.1, 0.15) is 30.9 Å². The van der Waals surface area contributed by atoms with Crippen molar-refractivity contribution in [3.8, 4) is 11.5 Å². The zero-order chi connectivity index (χ0) is 21.3. The highest BCUT2D eigenvalue weighted by molar-refractivity contribution is 6.00. The van der Waals surface area contributed by atoms with Gasteiger partial charge in [0.1, 0.15) is 5.82 Å². The van der Waals surface area contributed by atoms with Crippen LogP contribution in [-0.2, 0) is 9.59 Å². The molecule has 0 spiro atoms. The van der Waals surface area contributed by atoms with Crippen LogP contribution in [0.3, 0.4) is 0 Å². The average molecular weight is 412 g/mol. The monoisotopic (exact) mass is 412 g/mol. The Hall–Kier alpha value is -3.09. The highest BCUT2D eigenvalue weighted by Gasteiger charge is 2.40. The number of methoxy groups -OCH3 is 2. The summed E-state index contributed by atoms with van der Waals surface area (Å²) in [4.78, 5) is 29.2. The quantitative estimate of drug-likeness (QED) is 0.754. The number of halogens is 1. The molecule has 2 fully saturated rings. The van der Waals surface area contributed by atoms with Crippen LogP contribution >= 0.6 is 0 Å². The molecule has 2 amide bonds. The van der Waals surface area contributed by atoms with Crippen LogP contribution in [0.4, 0.5) is 10.1 Å². The largest absolute Gasteiger partial charge is 0.493 e. The molecule has 0 unspecified atom stereocenters. The van der Waals surface area contributed by atoms with Crippen LogP contribution in [0.25, 0.3) is 0 Å². The molecule has 2 aromatic carbocycles. The van der Waals surface area contributed by atoms with Crippen molar-refractivity contribution in [3.63, 3.8) is 0 Å². The van der Waals surface area contributed by atoms with Crippen molar-refractivity contribution in [2.24, 2.45) is 5.92 Å². The van der Waals surface area contributed by atoms with Gasteiger partial charge in [-0.05, 0) is 48.7 Å². The molecular weight excluding hydrogens is 387 g/mol. The Morgan fingerprint density at radius 1 is 1.10 bits per heavy atom. The van der Waals surface area contributed by atoms with Gasteiger partial charge >= 0.3 is 0 Å². The van der Waals surface area contributed by atoms with Crippen molar-refractivity contribution in [1.82, 2.24) is 4.90 Å². The van der Waals surface area contributed by atoms with Crippen molar-refractivity contribution in [3.05, 3.63) is 53.8 Å². The fraction of sp³-hybridized carbons (Fsp3) is 0.391. The fourth-order valence-corrected chi connectivity index (χ4v) is 4.44. The lowest BCUT2D eigenvalue weighted by atomic mass is 10.0. The topological polar surface area (TPSA) is 59.1 Å². The van der Waals surface area contributed by atoms with E-state index in [1.165, 1.54) is 17.0 Å². The predicted octanol–water partition coefficient (Wildman–Crippen LogP) is 3.56. The van der Waals surface area contributed by atoms with E-state index < -0.39 is 11.7 Å². The fourth-order valence-electron chi connectivity index (χ4n) is 4.44. The molecule has 2 heterocycles. The summed E-state index contributed by atoms with van der Waals surface area (Å²) < 4.78 is 24.3. The maximum Gasteiger partial charge on any atom is 0.228 e. The zero-order valence-electron chi connectivity index (χ0n) is 17.1. The highest BCUT2D eigenvalue weighted by atomic mass is 19.1. The highest BCUT2D eigenvalue weighted by Crippen LogP contribution is 2.38. The molecule has 2 atom stereocenters. The number of nitrogens with zero attached hydrogens (tertiary/aromatic N) is 2. The van der Waals surface area contributed by atoms with Gasteiger partial charge in [0, 0.05) is 25.2 Å². The number of likely N-dealkylation sites (tertiary alicyclic amines) is 1. The molecule has 2 aromatic rings. The van der Waals surface area contributed by atoms with E-state index in [0.717, 1.165) is 18.4 Å². The van der Waals surface area contributed by atoms with E-state index in [1.54, 1.807) is 26.4 Å². The van der Waals surface area contributed by atoms with Gasteiger partial charge in [0.2, 0.25) is 11.8 Å². The molecule has 0 radical (unpaired) electrons. The van der Waals surface area contributed by atoms with E-state index in [0.29, 0.717) is 23.7 Å². The first-order valence-electron chi connectivity index (χ1n) is 10.1. The average Bonchev–Trinajstić information content (AvgIpc) is 3.39. The van der Waals surface area contributed by atoms with Gasteiger partial charge in [0.05, 0.1) is 26.2 Å². The minimum atomic E-state index is -0.429. The number of ether oxygens (including phenoxy) is 2. The zero-order valence-corrected chi connectivity index (χ0v) is 17.1. The normalized spacial score (nSPS) is 21.2. The molecule has 158 valence electrons. The molecule has 2 aliphatic heterocycles. The van der Waals surface area contributed by atoms with E-state index in [-0.39, 0.29) is 30.8 Å². The summed E-state index contributed by atoms with van der Waals surface area (Å²) in [6, 6.07) is 11.6. The van der Waals surface area contributed by atoms with E-state index >= 15 is 0 Å². The number of rotatable bonds is 5. The van der Waals surface area contributed by atoms with Crippen LogP contribution in [0.5, 0.6) is 11.5 Å². The number of carbonyl (C=O) groups is 2. The minimum Gasteiger partial charge on any atom is -0.493 e. The van der Waals surface area contributed by atoms with Crippen LogP contribution in [0, 0.1) is 11.7 Å². The van der Waals surface area contributed by atoms with Crippen molar-refractivity contribution in [1.29, 1.82) is 0 Å². The van der Waals surface area contributed by atoms with Gasteiger partial charge in [0.25, 0.3) is 0 Å². The van der Waals surface area contributed by atoms with Crippen molar-refractivity contribution < 1.29 is 23.5 Å². The second-order valence-corrected chi connectivity index (χ2v) is 7.69. The molecule has 30 heavy (non-hydrogen) atoms. The lowest BCUT2D eigenvalue weighted by molar-refractivity contribution is -0.136. The molecule has 0 N–H and O–H groups in total. The Labute approximate surface area is 175 Å². The van der Waals surface area contributed by atoms with Gasteiger partial charge in [-0.3, -0.25) is 9.59 Å². The number of hydrogen-bond acceptors (Lipinski definition) is 4. The van der Waals surface area contributed by atoms with Gasteiger partial charge in [0.15, 0.2) is 11.5 Å². The Bertz CT molecular complexity index is 964. The van der Waals surface area contributed by atoms with Crippen LogP contribution < -0.4 is 14.4 Å². The van der Waals surface area contributed by atoms with Crippen molar-refractivity contribution in [2.45, 2.75) is 25.3 Å². The molecule has 0 bridgehead atoms. The second kappa shape index (κ2) is 8.34. The van der Waals surface area contributed by atoms with Crippen molar-refractivity contribution >= 4 is 17.5 Å². The summed E-state index contributed by atoms with van der Waals surface area (Å²) in [7, 11) is 3.18. The van der Waals surface area contributed by atoms with E-state index in [1.807, 2.05) is 23.1 Å². The molecular formula is C23H25FN2O4. The number of hydrogen-bond donors (Lipinski definition) is 0. The van der Waals surface area contributed by atoms with Gasteiger partial charge in [-0.2, -0.15) is 0 Å². The Kier molecular flexibility index (Phi) is 5.61. The Balaban J connectivity index is 1.52.